The van der Waals surface area contributed by atoms with E-state index in [4.69, 9.17) is 5.73 Å². The van der Waals surface area contributed by atoms with E-state index in [1.807, 2.05) is 19.1 Å². The van der Waals surface area contributed by atoms with E-state index in [1.165, 1.54) is 5.56 Å². The molecule has 6 heteroatoms. The van der Waals surface area contributed by atoms with Crippen molar-refractivity contribution < 1.29 is 9.90 Å². The molecule has 0 unspecified atom stereocenters. The fourth-order valence-electron chi connectivity index (χ4n) is 3.70. The third-order valence-electron chi connectivity index (χ3n) is 5.18. The van der Waals surface area contributed by atoms with Gasteiger partial charge in [-0.2, -0.15) is 0 Å². The van der Waals surface area contributed by atoms with Crippen LogP contribution in [0.15, 0.2) is 42.5 Å². The highest BCUT2D eigenvalue weighted by atomic mass is 16.3. The number of aliphatic hydroxyl groups is 1. The third kappa shape index (κ3) is 4.84. The van der Waals surface area contributed by atoms with Crippen LogP contribution < -0.4 is 10.6 Å². The number of nitrogens with two attached hydrogens (primary N) is 1. The van der Waals surface area contributed by atoms with Gasteiger partial charge >= 0.3 is 0 Å². The number of anilines is 1. The molecule has 1 aromatic heterocycles. The molecule has 0 saturated carbocycles. The van der Waals surface area contributed by atoms with E-state index in [-0.39, 0.29) is 12.6 Å². The Morgan fingerprint density at radius 1 is 1.22 bits per heavy atom. The molecule has 2 aromatic rings. The SMILES string of the molecule is Cc1ccc(C(N)=O)c(N2CCN(CCc3ccccc3)[C@@H](CCO)C2)n1. The lowest BCUT2D eigenvalue weighted by atomic mass is 10.1. The summed E-state index contributed by atoms with van der Waals surface area (Å²) >= 11 is 0. The molecule has 0 spiro atoms. The van der Waals surface area contributed by atoms with Crippen molar-refractivity contribution in [2.75, 3.05) is 37.7 Å². The first-order valence-electron chi connectivity index (χ1n) is 9.49. The van der Waals surface area contributed by atoms with E-state index in [0.717, 1.165) is 38.3 Å². The number of rotatable bonds is 7. The molecule has 27 heavy (non-hydrogen) atoms. The summed E-state index contributed by atoms with van der Waals surface area (Å²) in [6, 6.07) is 14.2. The largest absolute Gasteiger partial charge is 0.396 e. The van der Waals surface area contributed by atoms with Gasteiger partial charge in [-0.1, -0.05) is 30.3 Å². The second kappa shape index (κ2) is 8.97. The number of aromatic nitrogens is 1. The minimum Gasteiger partial charge on any atom is -0.396 e. The Hall–Kier alpha value is -2.44. The van der Waals surface area contributed by atoms with E-state index in [0.29, 0.717) is 17.8 Å². The highest BCUT2D eigenvalue weighted by Crippen LogP contribution is 2.23. The van der Waals surface area contributed by atoms with E-state index >= 15 is 0 Å². The maximum Gasteiger partial charge on any atom is 0.252 e. The van der Waals surface area contributed by atoms with Crippen LogP contribution in [0.4, 0.5) is 5.82 Å². The monoisotopic (exact) mass is 368 g/mol. The molecule has 1 saturated heterocycles. The highest BCUT2D eigenvalue weighted by Gasteiger charge is 2.29. The number of nitrogens with zero attached hydrogens (tertiary/aromatic N) is 3. The molecule has 1 fully saturated rings. The van der Waals surface area contributed by atoms with Gasteiger partial charge in [-0.15, -0.1) is 0 Å². The van der Waals surface area contributed by atoms with Crippen molar-refractivity contribution in [2.24, 2.45) is 5.73 Å². The van der Waals surface area contributed by atoms with Gasteiger partial charge in [0.15, 0.2) is 0 Å². The highest BCUT2D eigenvalue weighted by molar-refractivity contribution is 5.97. The number of amides is 1. The average Bonchev–Trinajstić information content (AvgIpc) is 2.67. The standard InChI is InChI=1S/C21H28N4O2/c1-16-7-8-19(20(22)27)21(23-16)25-13-12-24(18(15-25)10-14-26)11-9-17-5-3-2-4-6-17/h2-8,18,26H,9-15H2,1H3,(H2,22,27)/t18-/m0/s1. The Balaban J connectivity index is 1.72. The zero-order valence-corrected chi connectivity index (χ0v) is 15.8. The van der Waals surface area contributed by atoms with Crippen molar-refractivity contribution in [3.8, 4) is 0 Å². The van der Waals surface area contributed by atoms with Crippen molar-refractivity contribution in [1.29, 1.82) is 0 Å². The van der Waals surface area contributed by atoms with Gasteiger partial charge in [0.1, 0.15) is 5.82 Å². The van der Waals surface area contributed by atoms with Crippen LogP contribution in [0.25, 0.3) is 0 Å². The zero-order chi connectivity index (χ0) is 19.2. The molecule has 3 N–H and O–H groups in total. The maximum absolute atomic E-state index is 11.8. The molecule has 1 aliphatic rings. The lowest BCUT2D eigenvalue weighted by Gasteiger charge is -2.42. The van der Waals surface area contributed by atoms with Crippen molar-refractivity contribution in [3.05, 3.63) is 59.3 Å². The second-order valence-corrected chi connectivity index (χ2v) is 7.07. The van der Waals surface area contributed by atoms with Gasteiger partial charge in [0.05, 0.1) is 5.56 Å². The van der Waals surface area contributed by atoms with Crippen LogP contribution in [0.2, 0.25) is 0 Å². The molecule has 0 bridgehead atoms. The van der Waals surface area contributed by atoms with Crippen molar-refractivity contribution in [2.45, 2.75) is 25.8 Å². The van der Waals surface area contributed by atoms with Crippen LogP contribution in [-0.4, -0.2) is 59.7 Å². The molecule has 1 aliphatic heterocycles. The summed E-state index contributed by atoms with van der Waals surface area (Å²) in [7, 11) is 0. The number of pyridine rings is 1. The minimum absolute atomic E-state index is 0.143. The number of piperazine rings is 1. The lowest BCUT2D eigenvalue weighted by Crippen LogP contribution is -2.54. The fourth-order valence-corrected chi connectivity index (χ4v) is 3.70. The number of benzene rings is 1. The normalized spacial score (nSPS) is 17.9. The maximum atomic E-state index is 11.8. The van der Waals surface area contributed by atoms with E-state index in [9.17, 15) is 9.90 Å². The van der Waals surface area contributed by atoms with Gasteiger partial charge in [0.25, 0.3) is 5.91 Å². The van der Waals surface area contributed by atoms with E-state index in [2.05, 4.69) is 39.0 Å². The Bertz CT molecular complexity index is 766. The van der Waals surface area contributed by atoms with Gasteiger partial charge in [-0.3, -0.25) is 9.69 Å². The number of primary amides is 1. The average molecular weight is 368 g/mol. The molecular formula is C21H28N4O2. The zero-order valence-electron chi connectivity index (χ0n) is 15.8. The summed E-state index contributed by atoms with van der Waals surface area (Å²) < 4.78 is 0. The van der Waals surface area contributed by atoms with E-state index in [1.54, 1.807) is 6.07 Å². The molecule has 2 heterocycles. The smallest absolute Gasteiger partial charge is 0.252 e. The predicted molar refractivity (Wildman–Crippen MR) is 107 cm³/mol. The number of carbonyl (C=O) groups is 1. The van der Waals surface area contributed by atoms with Crippen LogP contribution >= 0.6 is 0 Å². The third-order valence-corrected chi connectivity index (χ3v) is 5.18. The van der Waals surface area contributed by atoms with Crippen LogP contribution in [0.3, 0.4) is 0 Å². The van der Waals surface area contributed by atoms with Gasteiger partial charge < -0.3 is 15.7 Å². The topological polar surface area (TPSA) is 82.7 Å². The molecule has 1 atom stereocenters. The quantitative estimate of drug-likeness (QED) is 0.776. The van der Waals surface area contributed by atoms with Crippen molar-refractivity contribution in [3.63, 3.8) is 0 Å². The number of hydrogen-bond donors (Lipinski definition) is 2. The number of hydrogen-bond acceptors (Lipinski definition) is 5. The first kappa shape index (κ1) is 19.3. The van der Waals surface area contributed by atoms with Gasteiger partial charge in [-0.25, -0.2) is 4.98 Å². The summed E-state index contributed by atoms with van der Waals surface area (Å²) in [5, 5.41) is 9.53. The summed E-state index contributed by atoms with van der Waals surface area (Å²) in [6.45, 7) is 5.39. The first-order valence-corrected chi connectivity index (χ1v) is 9.49. The van der Waals surface area contributed by atoms with Crippen LogP contribution in [0.5, 0.6) is 0 Å². The second-order valence-electron chi connectivity index (χ2n) is 7.07. The molecule has 6 nitrogen and oxygen atoms in total. The van der Waals surface area contributed by atoms with E-state index < -0.39 is 5.91 Å². The predicted octanol–water partition coefficient (Wildman–Crippen LogP) is 1.60. The summed E-state index contributed by atoms with van der Waals surface area (Å²) in [5.74, 6) is 0.205. The molecule has 144 valence electrons. The number of aryl methyl sites for hydroxylation is 1. The fraction of sp³-hybridized carbons (Fsp3) is 0.429. The Labute approximate surface area is 160 Å². The van der Waals surface area contributed by atoms with Crippen molar-refractivity contribution >= 4 is 11.7 Å². The molecule has 0 aliphatic carbocycles. The molecular weight excluding hydrogens is 340 g/mol. The molecule has 1 aromatic carbocycles. The number of aliphatic hydroxyl groups excluding tert-OH is 1. The van der Waals surface area contributed by atoms with Gasteiger partial charge in [-0.05, 0) is 37.5 Å². The Morgan fingerprint density at radius 3 is 2.70 bits per heavy atom. The van der Waals surface area contributed by atoms with Crippen LogP contribution in [0, 0.1) is 6.92 Å². The summed E-state index contributed by atoms with van der Waals surface area (Å²) in [5.41, 5.74) is 8.19. The molecule has 1 amide bonds. The van der Waals surface area contributed by atoms with Crippen molar-refractivity contribution in [1.82, 2.24) is 9.88 Å². The molecule has 3 rings (SSSR count). The summed E-state index contributed by atoms with van der Waals surface area (Å²) in [6.07, 6.45) is 1.68. The summed E-state index contributed by atoms with van der Waals surface area (Å²) in [4.78, 5) is 20.9. The Morgan fingerprint density at radius 2 is 2.00 bits per heavy atom. The van der Waals surface area contributed by atoms with Crippen LogP contribution in [-0.2, 0) is 6.42 Å². The lowest BCUT2D eigenvalue weighted by molar-refractivity contribution is 0.0999. The van der Waals surface area contributed by atoms with Crippen LogP contribution in [0.1, 0.15) is 28.0 Å². The van der Waals surface area contributed by atoms with Gasteiger partial charge in [0, 0.05) is 44.5 Å². The van der Waals surface area contributed by atoms with Gasteiger partial charge in [0.2, 0.25) is 0 Å². The number of carbonyl (C=O) groups excluding carboxylic acids is 1. The minimum atomic E-state index is -0.456. The Kier molecular flexibility index (Phi) is 6.42. The first-order chi connectivity index (χ1) is 13.1. The molecule has 0 radical (unpaired) electrons.